The van der Waals surface area contributed by atoms with E-state index in [1.807, 2.05) is 0 Å². The average Bonchev–Trinajstić information content (AvgIpc) is 2.91. The Morgan fingerprint density at radius 2 is 1.83 bits per heavy atom. The standard InChI is InChI=1S/C25H50N6O10/c1-25(37)11-38-24(18(35)21(25)29-2)41-20-15(31-22(36)16(33)5-6-26)9-14(28)19(17(20)34)40-23-13(27)4-3-12(39-23)10-30-7-8-32/h12-21,23-24,29-30,32-35,37H,3-11,26-28H2,1-2H3,(H,31,36)/t12-,13?,14-,15+,16-,17?,18?,19?,20?,21+,23+,24+,25?/m0/s1. The molecular weight excluding hydrogens is 544 g/mol. The van der Waals surface area contributed by atoms with Crippen molar-refractivity contribution in [2.45, 2.75) is 112 Å². The van der Waals surface area contributed by atoms with Crippen LogP contribution in [-0.2, 0) is 23.7 Å². The monoisotopic (exact) mass is 594 g/mol. The summed E-state index contributed by atoms with van der Waals surface area (Å²) >= 11 is 0. The predicted octanol–water partition coefficient (Wildman–Crippen LogP) is -5.49. The number of nitrogens with two attached hydrogens (primary N) is 3. The van der Waals surface area contributed by atoms with Crippen LogP contribution in [0.15, 0.2) is 0 Å². The van der Waals surface area contributed by atoms with E-state index in [1.54, 1.807) is 7.05 Å². The van der Waals surface area contributed by atoms with Gasteiger partial charge in [-0.2, -0.15) is 0 Å². The molecule has 2 aliphatic heterocycles. The van der Waals surface area contributed by atoms with E-state index in [1.165, 1.54) is 6.92 Å². The molecule has 0 aromatic carbocycles. The molecule has 3 rings (SSSR count). The molecular formula is C25H50N6O10. The lowest BCUT2D eigenvalue weighted by Gasteiger charge is -2.49. The maximum absolute atomic E-state index is 12.7. The molecule has 0 aromatic heterocycles. The average molecular weight is 595 g/mol. The zero-order valence-electron chi connectivity index (χ0n) is 23.8. The molecule has 41 heavy (non-hydrogen) atoms. The van der Waals surface area contributed by atoms with Crippen LogP contribution in [0.25, 0.3) is 0 Å². The van der Waals surface area contributed by atoms with Crippen molar-refractivity contribution in [3.8, 4) is 0 Å². The van der Waals surface area contributed by atoms with Crippen LogP contribution in [-0.4, -0.2) is 150 Å². The van der Waals surface area contributed by atoms with Crippen LogP contribution in [0.1, 0.15) is 32.6 Å². The minimum absolute atomic E-state index is 0.0103. The number of hydrogen-bond donors (Lipinski definition) is 11. The number of hydrogen-bond acceptors (Lipinski definition) is 15. The Labute approximate surface area is 240 Å². The van der Waals surface area contributed by atoms with Crippen molar-refractivity contribution < 1.29 is 49.3 Å². The minimum atomic E-state index is -1.44. The Hall–Kier alpha value is -1.09. The first-order valence-electron chi connectivity index (χ1n) is 14.3. The number of amides is 1. The first kappa shape index (κ1) is 34.4. The van der Waals surface area contributed by atoms with Gasteiger partial charge in [-0.1, -0.05) is 0 Å². The van der Waals surface area contributed by atoms with Gasteiger partial charge in [-0.25, -0.2) is 0 Å². The first-order chi connectivity index (χ1) is 19.4. The summed E-state index contributed by atoms with van der Waals surface area (Å²) in [6, 6.07) is -3.01. The number of ether oxygens (including phenoxy) is 4. The summed E-state index contributed by atoms with van der Waals surface area (Å²) in [5.41, 5.74) is 16.8. The molecule has 3 aliphatic rings. The van der Waals surface area contributed by atoms with Gasteiger partial charge in [-0.3, -0.25) is 4.79 Å². The van der Waals surface area contributed by atoms with E-state index in [-0.39, 0.29) is 38.7 Å². The number of rotatable bonds is 13. The third kappa shape index (κ3) is 8.73. The first-order valence-corrected chi connectivity index (χ1v) is 14.3. The molecule has 13 atom stereocenters. The Kier molecular flexibility index (Phi) is 13.1. The van der Waals surface area contributed by atoms with E-state index in [4.69, 9.17) is 41.3 Å². The topological polar surface area (TPSA) is 269 Å². The molecule has 16 heteroatoms. The quantitative estimate of drug-likeness (QED) is 0.0888. The van der Waals surface area contributed by atoms with E-state index in [0.717, 1.165) is 0 Å². The molecule has 6 unspecified atom stereocenters. The Morgan fingerprint density at radius 1 is 1.12 bits per heavy atom. The summed E-state index contributed by atoms with van der Waals surface area (Å²) in [7, 11) is 1.57. The molecule has 3 fully saturated rings. The molecule has 16 nitrogen and oxygen atoms in total. The maximum atomic E-state index is 12.7. The van der Waals surface area contributed by atoms with Crippen LogP contribution in [0.5, 0.6) is 0 Å². The number of carbonyl (C=O) groups excluding carboxylic acids is 1. The highest BCUT2D eigenvalue weighted by atomic mass is 16.7. The van der Waals surface area contributed by atoms with Crippen LogP contribution >= 0.6 is 0 Å². The molecule has 240 valence electrons. The molecule has 1 saturated carbocycles. The van der Waals surface area contributed by atoms with Gasteiger partial charge < -0.3 is 77.6 Å². The van der Waals surface area contributed by atoms with Crippen LogP contribution in [0, 0.1) is 0 Å². The van der Waals surface area contributed by atoms with Gasteiger partial charge >= 0.3 is 0 Å². The van der Waals surface area contributed by atoms with Gasteiger partial charge in [0.1, 0.15) is 36.1 Å². The molecule has 0 spiro atoms. The van der Waals surface area contributed by atoms with Crippen LogP contribution in [0.2, 0.25) is 0 Å². The van der Waals surface area contributed by atoms with Gasteiger partial charge in [0.2, 0.25) is 5.91 Å². The number of aliphatic hydroxyl groups is 5. The van der Waals surface area contributed by atoms with Crippen molar-refractivity contribution in [3.05, 3.63) is 0 Å². The van der Waals surface area contributed by atoms with Crippen molar-refractivity contribution in [2.75, 3.05) is 39.9 Å². The van der Waals surface area contributed by atoms with E-state index >= 15 is 0 Å². The maximum Gasteiger partial charge on any atom is 0.249 e. The van der Waals surface area contributed by atoms with E-state index in [9.17, 15) is 25.2 Å². The number of aliphatic hydroxyl groups excluding tert-OH is 4. The van der Waals surface area contributed by atoms with E-state index in [2.05, 4.69) is 16.0 Å². The third-order valence-corrected chi connectivity index (χ3v) is 7.97. The van der Waals surface area contributed by atoms with Crippen molar-refractivity contribution >= 4 is 5.91 Å². The normalized spacial score (nSPS) is 42.5. The number of nitrogens with one attached hydrogen (secondary N) is 3. The van der Waals surface area contributed by atoms with E-state index in [0.29, 0.717) is 25.9 Å². The van der Waals surface area contributed by atoms with Crippen LogP contribution < -0.4 is 33.2 Å². The lowest BCUT2D eigenvalue weighted by atomic mass is 9.83. The predicted molar refractivity (Wildman–Crippen MR) is 145 cm³/mol. The minimum Gasteiger partial charge on any atom is -0.395 e. The Morgan fingerprint density at radius 3 is 2.49 bits per heavy atom. The highest BCUT2D eigenvalue weighted by Crippen LogP contribution is 2.32. The molecule has 1 amide bonds. The van der Waals surface area contributed by atoms with Gasteiger partial charge in [0.15, 0.2) is 12.6 Å². The molecule has 2 saturated heterocycles. The second-order valence-electron chi connectivity index (χ2n) is 11.4. The zero-order valence-corrected chi connectivity index (χ0v) is 23.8. The van der Waals surface area contributed by atoms with Gasteiger partial charge in [-0.05, 0) is 46.2 Å². The SMILES string of the molecule is CN[C@@H]1C(O)[C@@H](OC2C(O)C(O[C@H]3O[C@H](CNCCO)CCC3N)[C@@H](N)C[C@H]2NC(=O)[C@@H](O)CCN)OCC1(C)O. The second-order valence-corrected chi connectivity index (χ2v) is 11.4. The summed E-state index contributed by atoms with van der Waals surface area (Å²) in [5.74, 6) is -0.718. The van der Waals surface area contributed by atoms with Crippen molar-refractivity contribution in [1.82, 2.24) is 16.0 Å². The highest BCUT2D eigenvalue weighted by Gasteiger charge is 2.52. The summed E-state index contributed by atoms with van der Waals surface area (Å²) in [5, 5.41) is 60.9. The van der Waals surface area contributed by atoms with Crippen molar-refractivity contribution in [1.29, 1.82) is 0 Å². The van der Waals surface area contributed by atoms with Crippen molar-refractivity contribution in [2.24, 2.45) is 17.2 Å². The molecule has 14 N–H and O–H groups in total. The number of carbonyl (C=O) groups is 1. The fourth-order valence-corrected chi connectivity index (χ4v) is 5.68. The largest absolute Gasteiger partial charge is 0.395 e. The lowest BCUT2D eigenvalue weighted by Crippen LogP contribution is -2.69. The van der Waals surface area contributed by atoms with Crippen LogP contribution in [0.3, 0.4) is 0 Å². The lowest BCUT2D eigenvalue weighted by molar-refractivity contribution is -0.307. The molecule has 2 heterocycles. The summed E-state index contributed by atoms with van der Waals surface area (Å²) in [4.78, 5) is 12.7. The third-order valence-electron chi connectivity index (χ3n) is 7.97. The smallest absolute Gasteiger partial charge is 0.249 e. The van der Waals surface area contributed by atoms with Crippen molar-refractivity contribution in [3.63, 3.8) is 0 Å². The molecule has 0 aromatic rings. The van der Waals surface area contributed by atoms with Gasteiger partial charge in [-0.15, -0.1) is 0 Å². The Bertz CT molecular complexity index is 815. The second kappa shape index (κ2) is 15.6. The van der Waals surface area contributed by atoms with Crippen LogP contribution in [0.4, 0.5) is 0 Å². The fraction of sp³-hybridized carbons (Fsp3) is 0.960. The summed E-state index contributed by atoms with van der Waals surface area (Å²) in [6.45, 7) is 2.30. The van der Waals surface area contributed by atoms with Gasteiger partial charge in [0.05, 0.1) is 37.4 Å². The molecule has 1 aliphatic carbocycles. The molecule has 0 bridgehead atoms. The van der Waals surface area contributed by atoms with E-state index < -0.39 is 78.8 Å². The highest BCUT2D eigenvalue weighted by molar-refractivity contribution is 5.80. The number of likely N-dealkylation sites (N-methyl/N-ethyl adjacent to an activating group) is 1. The Balaban J connectivity index is 1.78. The zero-order chi connectivity index (χ0) is 30.3. The molecule has 0 radical (unpaired) electrons. The summed E-state index contributed by atoms with van der Waals surface area (Å²) < 4.78 is 23.9. The van der Waals surface area contributed by atoms with Gasteiger partial charge in [0, 0.05) is 19.1 Å². The fourth-order valence-electron chi connectivity index (χ4n) is 5.68. The summed E-state index contributed by atoms with van der Waals surface area (Å²) in [6.07, 6.45) is -7.43. The van der Waals surface area contributed by atoms with Gasteiger partial charge in [0.25, 0.3) is 0 Å².